The van der Waals surface area contributed by atoms with Gasteiger partial charge in [0.2, 0.25) is 0 Å². The van der Waals surface area contributed by atoms with Crippen LogP contribution in [0.4, 0.5) is 0 Å². The maximum absolute atomic E-state index is 11.9. The van der Waals surface area contributed by atoms with E-state index in [0.717, 1.165) is 12.0 Å². The van der Waals surface area contributed by atoms with E-state index in [-0.39, 0.29) is 18.9 Å². The summed E-state index contributed by atoms with van der Waals surface area (Å²) in [6.07, 6.45) is 6.35. The number of rotatable bonds is 11. The van der Waals surface area contributed by atoms with Gasteiger partial charge in [0, 0.05) is 13.0 Å². The highest BCUT2D eigenvalue weighted by atomic mass is 16.4. The van der Waals surface area contributed by atoms with Crippen LogP contribution in [0.1, 0.15) is 26.7 Å². The Labute approximate surface area is 121 Å². The molecule has 0 radical (unpaired) electrons. The summed E-state index contributed by atoms with van der Waals surface area (Å²) in [5.41, 5.74) is 0.845. The summed E-state index contributed by atoms with van der Waals surface area (Å²) in [6.45, 7) is 11.8. The number of carbonyl (C=O) groups is 2. The Bertz CT molecular complexity index is 383. The minimum atomic E-state index is -0.941. The highest BCUT2D eigenvalue weighted by Crippen LogP contribution is 2.07. The monoisotopic (exact) mass is 279 g/mol. The van der Waals surface area contributed by atoms with E-state index in [1.54, 1.807) is 23.1 Å². The SMILES string of the molecule is C=C/C=C(\C=C)CN(CC(=O)O)CC(=O)CCC(C)C. The molecule has 112 valence electrons. The van der Waals surface area contributed by atoms with Crippen molar-refractivity contribution < 1.29 is 14.7 Å². The van der Waals surface area contributed by atoms with Crippen LogP contribution < -0.4 is 0 Å². The van der Waals surface area contributed by atoms with E-state index in [0.29, 0.717) is 18.9 Å². The Morgan fingerprint density at radius 3 is 2.30 bits per heavy atom. The summed E-state index contributed by atoms with van der Waals surface area (Å²) in [5, 5.41) is 8.91. The number of nitrogens with zero attached hydrogens (tertiary/aromatic N) is 1. The Morgan fingerprint density at radius 2 is 1.85 bits per heavy atom. The average molecular weight is 279 g/mol. The van der Waals surface area contributed by atoms with E-state index in [2.05, 4.69) is 27.0 Å². The van der Waals surface area contributed by atoms with Gasteiger partial charge in [0.1, 0.15) is 5.78 Å². The molecule has 0 saturated heterocycles. The first-order valence-corrected chi connectivity index (χ1v) is 6.78. The van der Waals surface area contributed by atoms with Crippen LogP contribution in [0.2, 0.25) is 0 Å². The highest BCUT2D eigenvalue weighted by Gasteiger charge is 2.15. The van der Waals surface area contributed by atoms with Crippen molar-refractivity contribution in [1.82, 2.24) is 4.90 Å². The lowest BCUT2D eigenvalue weighted by atomic mass is 10.1. The molecule has 0 heterocycles. The zero-order valence-corrected chi connectivity index (χ0v) is 12.5. The van der Waals surface area contributed by atoms with Crippen molar-refractivity contribution >= 4 is 11.8 Å². The van der Waals surface area contributed by atoms with Gasteiger partial charge in [-0.3, -0.25) is 14.5 Å². The molecule has 0 bridgehead atoms. The van der Waals surface area contributed by atoms with Crippen LogP contribution in [0.15, 0.2) is 37.0 Å². The fraction of sp³-hybridized carbons (Fsp3) is 0.500. The lowest BCUT2D eigenvalue weighted by molar-refractivity contribution is -0.138. The third kappa shape index (κ3) is 9.28. The minimum Gasteiger partial charge on any atom is -0.480 e. The second-order valence-electron chi connectivity index (χ2n) is 5.19. The zero-order chi connectivity index (χ0) is 15.5. The van der Waals surface area contributed by atoms with Crippen LogP contribution in [0.5, 0.6) is 0 Å². The van der Waals surface area contributed by atoms with Gasteiger partial charge in [0.25, 0.3) is 0 Å². The van der Waals surface area contributed by atoms with E-state index in [1.807, 2.05) is 0 Å². The molecule has 0 aromatic carbocycles. The summed E-state index contributed by atoms with van der Waals surface area (Å²) in [7, 11) is 0. The predicted octanol–water partition coefficient (Wildman–Crippen LogP) is 2.68. The van der Waals surface area contributed by atoms with Crippen LogP contribution in [0.25, 0.3) is 0 Å². The molecular weight excluding hydrogens is 254 g/mol. The van der Waals surface area contributed by atoms with Crippen LogP contribution in [0, 0.1) is 5.92 Å². The molecule has 0 atom stereocenters. The van der Waals surface area contributed by atoms with E-state index in [4.69, 9.17) is 5.11 Å². The van der Waals surface area contributed by atoms with Crippen LogP contribution in [-0.2, 0) is 9.59 Å². The third-order valence-electron chi connectivity index (χ3n) is 2.76. The maximum Gasteiger partial charge on any atom is 0.317 e. The summed E-state index contributed by atoms with van der Waals surface area (Å²) in [6, 6.07) is 0. The molecule has 0 unspecified atom stereocenters. The number of allylic oxidation sites excluding steroid dienone is 2. The standard InChI is InChI=1S/C16H25NO3/c1-5-7-14(6-2)10-17(12-16(19)20)11-15(18)9-8-13(3)4/h5-7,13H,1-2,8-12H2,3-4H3,(H,19,20)/b14-7+. The van der Waals surface area contributed by atoms with Gasteiger partial charge in [-0.05, 0) is 17.9 Å². The first-order chi connectivity index (χ1) is 9.38. The molecule has 4 nitrogen and oxygen atoms in total. The molecule has 0 amide bonds. The number of hydrogen-bond donors (Lipinski definition) is 1. The lowest BCUT2D eigenvalue weighted by Crippen LogP contribution is -2.35. The minimum absolute atomic E-state index is 0.0713. The fourth-order valence-electron chi connectivity index (χ4n) is 1.73. The molecule has 20 heavy (non-hydrogen) atoms. The second kappa shape index (κ2) is 10.1. The second-order valence-corrected chi connectivity index (χ2v) is 5.19. The Hall–Kier alpha value is -1.68. The van der Waals surface area contributed by atoms with Gasteiger partial charge < -0.3 is 5.11 Å². The van der Waals surface area contributed by atoms with Gasteiger partial charge in [0.15, 0.2) is 0 Å². The number of hydrogen-bond acceptors (Lipinski definition) is 3. The van der Waals surface area contributed by atoms with Gasteiger partial charge in [-0.25, -0.2) is 0 Å². The lowest BCUT2D eigenvalue weighted by Gasteiger charge is -2.20. The topological polar surface area (TPSA) is 57.6 Å². The van der Waals surface area contributed by atoms with Crippen molar-refractivity contribution in [2.24, 2.45) is 5.92 Å². The number of carboxylic acid groups (broad SMARTS) is 1. The molecule has 0 fully saturated rings. The Balaban J connectivity index is 4.59. The quantitative estimate of drug-likeness (QED) is 0.591. The summed E-state index contributed by atoms with van der Waals surface area (Å²) in [4.78, 5) is 24.3. The van der Waals surface area contributed by atoms with Gasteiger partial charge in [-0.2, -0.15) is 0 Å². The van der Waals surface area contributed by atoms with E-state index >= 15 is 0 Å². The van der Waals surface area contributed by atoms with Crippen molar-refractivity contribution in [2.75, 3.05) is 19.6 Å². The van der Waals surface area contributed by atoms with Crippen LogP contribution in [0.3, 0.4) is 0 Å². The fourth-order valence-corrected chi connectivity index (χ4v) is 1.73. The van der Waals surface area contributed by atoms with Gasteiger partial charge in [-0.1, -0.05) is 45.2 Å². The highest BCUT2D eigenvalue weighted by molar-refractivity contribution is 5.81. The molecule has 4 heteroatoms. The molecular formula is C16H25NO3. The Kier molecular flexibility index (Phi) is 9.30. The van der Waals surface area contributed by atoms with Crippen molar-refractivity contribution in [3.63, 3.8) is 0 Å². The molecule has 1 N–H and O–H groups in total. The number of Topliss-reactive ketones (excluding diaryl/α,β-unsaturated/α-hetero) is 1. The number of carboxylic acids is 1. The molecule has 0 saturated carbocycles. The maximum atomic E-state index is 11.9. The van der Waals surface area contributed by atoms with E-state index < -0.39 is 5.97 Å². The summed E-state index contributed by atoms with van der Waals surface area (Å²) >= 11 is 0. The van der Waals surface area contributed by atoms with Gasteiger partial charge >= 0.3 is 5.97 Å². The zero-order valence-electron chi connectivity index (χ0n) is 12.5. The summed E-state index contributed by atoms with van der Waals surface area (Å²) < 4.78 is 0. The van der Waals surface area contributed by atoms with Crippen LogP contribution >= 0.6 is 0 Å². The molecule has 0 aliphatic rings. The van der Waals surface area contributed by atoms with Crippen molar-refractivity contribution in [1.29, 1.82) is 0 Å². The first kappa shape index (κ1) is 18.3. The molecule has 0 aliphatic carbocycles. The smallest absolute Gasteiger partial charge is 0.317 e. The van der Waals surface area contributed by atoms with Gasteiger partial charge in [-0.15, -0.1) is 0 Å². The average Bonchev–Trinajstić information content (AvgIpc) is 2.34. The molecule has 0 rings (SSSR count). The van der Waals surface area contributed by atoms with Gasteiger partial charge in [0.05, 0.1) is 13.1 Å². The number of carbonyl (C=O) groups excluding carboxylic acids is 1. The van der Waals surface area contributed by atoms with Crippen molar-refractivity contribution in [2.45, 2.75) is 26.7 Å². The van der Waals surface area contributed by atoms with Crippen molar-refractivity contribution in [3.8, 4) is 0 Å². The number of ketones is 1. The normalized spacial score (nSPS) is 11.7. The molecule has 0 aliphatic heterocycles. The molecule has 0 aromatic heterocycles. The Morgan fingerprint density at radius 1 is 1.20 bits per heavy atom. The summed E-state index contributed by atoms with van der Waals surface area (Å²) in [5.74, 6) is -0.401. The van der Waals surface area contributed by atoms with Crippen LogP contribution in [-0.4, -0.2) is 41.4 Å². The third-order valence-corrected chi connectivity index (χ3v) is 2.76. The first-order valence-electron chi connectivity index (χ1n) is 6.78. The molecule has 0 aromatic rings. The van der Waals surface area contributed by atoms with Crippen molar-refractivity contribution in [3.05, 3.63) is 37.0 Å². The molecule has 0 spiro atoms. The van der Waals surface area contributed by atoms with E-state index in [9.17, 15) is 9.59 Å². The van der Waals surface area contributed by atoms with E-state index in [1.165, 1.54) is 0 Å². The largest absolute Gasteiger partial charge is 0.480 e. The number of aliphatic carboxylic acids is 1. The predicted molar refractivity (Wildman–Crippen MR) is 81.6 cm³/mol.